The zero-order valence-corrected chi connectivity index (χ0v) is 17.8. The van der Waals surface area contributed by atoms with Gasteiger partial charge in [-0.3, -0.25) is 9.69 Å². The van der Waals surface area contributed by atoms with E-state index in [-0.39, 0.29) is 5.91 Å². The summed E-state index contributed by atoms with van der Waals surface area (Å²) in [5.41, 5.74) is 4.41. The molecular formula is C23H27N3OS. The quantitative estimate of drug-likeness (QED) is 0.535. The molecule has 4 nitrogen and oxygen atoms in total. The highest BCUT2D eigenvalue weighted by Gasteiger charge is 2.18. The Morgan fingerprint density at radius 2 is 1.82 bits per heavy atom. The van der Waals surface area contributed by atoms with Gasteiger partial charge >= 0.3 is 0 Å². The summed E-state index contributed by atoms with van der Waals surface area (Å²) >= 11 is 1.58. The molecule has 1 amide bonds. The van der Waals surface area contributed by atoms with Crippen LogP contribution in [0.2, 0.25) is 0 Å². The molecule has 3 rings (SSSR count). The van der Waals surface area contributed by atoms with Gasteiger partial charge in [0.25, 0.3) is 5.91 Å². The van der Waals surface area contributed by atoms with Gasteiger partial charge in [-0.05, 0) is 69.7 Å². The van der Waals surface area contributed by atoms with Crippen molar-refractivity contribution in [3.8, 4) is 0 Å². The molecule has 0 bridgehead atoms. The Morgan fingerprint density at radius 1 is 1.07 bits per heavy atom. The van der Waals surface area contributed by atoms with Crippen molar-refractivity contribution in [2.24, 2.45) is 0 Å². The molecule has 1 heterocycles. The summed E-state index contributed by atoms with van der Waals surface area (Å²) in [5, 5.41) is 0.769. The lowest BCUT2D eigenvalue weighted by atomic mass is 10.1. The topological polar surface area (TPSA) is 36.4 Å². The number of aromatic nitrogens is 1. The van der Waals surface area contributed by atoms with E-state index in [9.17, 15) is 4.79 Å². The van der Waals surface area contributed by atoms with E-state index in [1.54, 1.807) is 17.4 Å². The minimum absolute atomic E-state index is 0.0314. The van der Waals surface area contributed by atoms with Crippen LogP contribution in [0.3, 0.4) is 0 Å². The molecule has 0 saturated carbocycles. The van der Waals surface area contributed by atoms with Gasteiger partial charge in [-0.15, -0.1) is 0 Å². The number of thiazole rings is 1. The van der Waals surface area contributed by atoms with E-state index in [0.29, 0.717) is 6.54 Å². The van der Waals surface area contributed by atoms with E-state index in [1.165, 1.54) is 11.1 Å². The molecule has 0 unspecified atom stereocenters. The number of hydrogen-bond acceptors (Lipinski definition) is 4. The second kappa shape index (κ2) is 9.13. The third-order valence-electron chi connectivity index (χ3n) is 4.78. The molecule has 0 spiro atoms. The van der Waals surface area contributed by atoms with E-state index in [4.69, 9.17) is 4.98 Å². The molecule has 0 aliphatic rings. The van der Waals surface area contributed by atoms with Crippen molar-refractivity contribution in [1.29, 1.82) is 0 Å². The SMILES string of the molecule is Cc1ccc2sc(N(CCCN(C)C)C(=O)/C=C/c3ccccc3)nc2c1C. The lowest BCUT2D eigenvalue weighted by Gasteiger charge is -2.19. The molecule has 0 radical (unpaired) electrons. The summed E-state index contributed by atoms with van der Waals surface area (Å²) in [6.07, 6.45) is 4.41. The number of anilines is 1. The van der Waals surface area contributed by atoms with Crippen molar-refractivity contribution < 1.29 is 4.79 Å². The minimum atomic E-state index is -0.0314. The molecule has 0 aliphatic heterocycles. The Hall–Kier alpha value is -2.50. The molecular weight excluding hydrogens is 366 g/mol. The average Bonchev–Trinajstić information content (AvgIpc) is 3.11. The Labute approximate surface area is 171 Å². The standard InChI is InChI=1S/C23H27N3OS/c1-17-11-13-20-22(18(17)2)24-23(28-20)26(16-8-15-25(3)4)21(27)14-12-19-9-6-5-7-10-19/h5-7,9-14H,8,15-16H2,1-4H3/b14-12+. The first-order valence-electron chi connectivity index (χ1n) is 9.52. The first kappa shape index (κ1) is 20.2. The highest BCUT2D eigenvalue weighted by Crippen LogP contribution is 2.32. The van der Waals surface area contributed by atoms with E-state index in [2.05, 4.69) is 30.9 Å². The molecule has 28 heavy (non-hydrogen) atoms. The number of amides is 1. The normalized spacial score (nSPS) is 11.6. The van der Waals surface area contributed by atoms with Gasteiger partial charge in [0.05, 0.1) is 10.2 Å². The van der Waals surface area contributed by atoms with Crippen LogP contribution in [-0.2, 0) is 4.79 Å². The van der Waals surface area contributed by atoms with Crippen LogP contribution in [0.1, 0.15) is 23.1 Å². The Bertz CT molecular complexity index is 976. The lowest BCUT2D eigenvalue weighted by molar-refractivity contribution is -0.114. The molecule has 0 N–H and O–H groups in total. The monoisotopic (exact) mass is 393 g/mol. The summed E-state index contributed by atoms with van der Waals surface area (Å²) in [6, 6.07) is 14.1. The van der Waals surface area contributed by atoms with Crippen LogP contribution in [0.25, 0.3) is 16.3 Å². The van der Waals surface area contributed by atoms with Crippen molar-refractivity contribution in [3.05, 3.63) is 65.2 Å². The predicted octanol–water partition coefficient (Wildman–Crippen LogP) is 4.91. The van der Waals surface area contributed by atoms with Gasteiger partial charge in [-0.25, -0.2) is 4.98 Å². The minimum Gasteiger partial charge on any atom is -0.309 e. The van der Waals surface area contributed by atoms with Crippen molar-refractivity contribution in [1.82, 2.24) is 9.88 Å². The Morgan fingerprint density at radius 3 is 2.54 bits per heavy atom. The van der Waals surface area contributed by atoms with Gasteiger partial charge in [0.2, 0.25) is 0 Å². The van der Waals surface area contributed by atoms with Crippen LogP contribution >= 0.6 is 11.3 Å². The highest BCUT2D eigenvalue weighted by molar-refractivity contribution is 7.22. The van der Waals surface area contributed by atoms with Gasteiger partial charge in [0, 0.05) is 12.6 Å². The lowest BCUT2D eigenvalue weighted by Crippen LogP contribution is -2.32. The van der Waals surface area contributed by atoms with Crippen LogP contribution < -0.4 is 4.90 Å². The van der Waals surface area contributed by atoms with Crippen molar-refractivity contribution in [3.63, 3.8) is 0 Å². The van der Waals surface area contributed by atoms with E-state index in [0.717, 1.165) is 33.9 Å². The maximum absolute atomic E-state index is 13.0. The van der Waals surface area contributed by atoms with Crippen LogP contribution in [0, 0.1) is 13.8 Å². The zero-order chi connectivity index (χ0) is 20.1. The number of benzene rings is 2. The van der Waals surface area contributed by atoms with Crippen molar-refractivity contribution >= 4 is 38.7 Å². The highest BCUT2D eigenvalue weighted by atomic mass is 32.1. The summed E-state index contributed by atoms with van der Waals surface area (Å²) in [7, 11) is 4.09. The fourth-order valence-corrected chi connectivity index (χ4v) is 4.05. The third kappa shape index (κ3) is 4.86. The number of hydrogen-bond donors (Lipinski definition) is 0. The number of aryl methyl sites for hydroxylation is 2. The first-order valence-corrected chi connectivity index (χ1v) is 10.3. The summed E-state index contributed by atoms with van der Waals surface area (Å²) in [4.78, 5) is 21.8. The zero-order valence-electron chi connectivity index (χ0n) is 17.0. The fraction of sp³-hybridized carbons (Fsp3) is 0.304. The Balaban J connectivity index is 1.89. The average molecular weight is 394 g/mol. The van der Waals surface area contributed by atoms with E-state index < -0.39 is 0 Å². The van der Waals surface area contributed by atoms with Crippen molar-refractivity contribution in [2.75, 3.05) is 32.1 Å². The third-order valence-corrected chi connectivity index (χ3v) is 5.82. The number of nitrogens with zero attached hydrogens (tertiary/aromatic N) is 3. The van der Waals surface area contributed by atoms with Gasteiger partial charge < -0.3 is 4.90 Å². The second-order valence-corrected chi connectivity index (χ2v) is 8.25. The maximum Gasteiger partial charge on any atom is 0.252 e. The van der Waals surface area contributed by atoms with Crippen LogP contribution in [0.4, 0.5) is 5.13 Å². The van der Waals surface area contributed by atoms with Crippen LogP contribution in [0.5, 0.6) is 0 Å². The van der Waals surface area contributed by atoms with E-state index in [1.807, 2.05) is 55.4 Å². The van der Waals surface area contributed by atoms with Gasteiger partial charge in [0.15, 0.2) is 5.13 Å². The smallest absolute Gasteiger partial charge is 0.252 e. The molecule has 1 aromatic heterocycles. The molecule has 0 fully saturated rings. The van der Waals surface area contributed by atoms with Gasteiger partial charge in [-0.2, -0.15) is 0 Å². The summed E-state index contributed by atoms with van der Waals surface area (Å²) in [5.74, 6) is -0.0314. The Kier molecular flexibility index (Phi) is 6.60. The van der Waals surface area contributed by atoms with Crippen molar-refractivity contribution in [2.45, 2.75) is 20.3 Å². The summed E-state index contributed by atoms with van der Waals surface area (Å²) < 4.78 is 1.12. The molecule has 0 aliphatic carbocycles. The molecule has 146 valence electrons. The number of fused-ring (bicyclic) bond motifs is 1. The number of carbonyl (C=O) groups excluding carboxylic acids is 1. The first-order chi connectivity index (χ1) is 13.5. The second-order valence-electron chi connectivity index (χ2n) is 7.24. The largest absolute Gasteiger partial charge is 0.309 e. The van der Waals surface area contributed by atoms with Gasteiger partial charge in [0.1, 0.15) is 0 Å². The molecule has 2 aromatic carbocycles. The van der Waals surface area contributed by atoms with Crippen LogP contribution in [-0.4, -0.2) is 43.0 Å². The fourth-order valence-electron chi connectivity index (χ4n) is 3.00. The van der Waals surface area contributed by atoms with E-state index >= 15 is 0 Å². The van der Waals surface area contributed by atoms with Gasteiger partial charge in [-0.1, -0.05) is 47.7 Å². The molecule has 0 saturated heterocycles. The molecule has 0 atom stereocenters. The summed E-state index contributed by atoms with van der Waals surface area (Å²) in [6.45, 7) is 5.76. The molecule has 3 aromatic rings. The molecule has 5 heteroatoms. The van der Waals surface area contributed by atoms with Crippen LogP contribution in [0.15, 0.2) is 48.5 Å². The predicted molar refractivity (Wildman–Crippen MR) is 120 cm³/mol. The number of rotatable bonds is 7. The number of carbonyl (C=O) groups is 1. The maximum atomic E-state index is 13.0.